The van der Waals surface area contributed by atoms with Crippen molar-refractivity contribution in [3.63, 3.8) is 0 Å². The van der Waals surface area contributed by atoms with Crippen LogP contribution in [-0.4, -0.2) is 34.2 Å². The minimum Gasteiger partial charge on any atom is -0.454 e. The van der Waals surface area contributed by atoms with Gasteiger partial charge in [-0.25, -0.2) is 4.98 Å². The normalized spacial score (nSPS) is 12.1. The molecule has 0 spiro atoms. The SMILES string of the molecule is CC(=O)c1cc2c(cc1NC(=O)CSc1nc(Cc3ccccc3)c(C)[nH]1)OCO2. The molecule has 0 saturated carbocycles. The summed E-state index contributed by atoms with van der Waals surface area (Å²) in [4.78, 5) is 32.3. The standard InChI is InChI=1S/C22H21N3O4S/c1-13-17(8-15-6-4-3-5-7-15)25-22(23-13)30-11-21(27)24-18-10-20-19(28-12-29-20)9-16(18)14(2)26/h3-7,9-10H,8,11-12H2,1-2H3,(H,23,25)(H,24,27). The van der Waals surface area contributed by atoms with Gasteiger partial charge < -0.3 is 19.8 Å². The highest BCUT2D eigenvalue weighted by atomic mass is 32.2. The lowest BCUT2D eigenvalue weighted by atomic mass is 10.1. The van der Waals surface area contributed by atoms with Gasteiger partial charge in [0.1, 0.15) is 0 Å². The number of amides is 1. The molecule has 0 radical (unpaired) electrons. The maximum atomic E-state index is 12.5. The molecule has 0 saturated heterocycles. The zero-order chi connectivity index (χ0) is 21.1. The van der Waals surface area contributed by atoms with Gasteiger partial charge in [-0.15, -0.1) is 0 Å². The number of anilines is 1. The number of fused-ring (bicyclic) bond motifs is 1. The summed E-state index contributed by atoms with van der Waals surface area (Å²) in [5.74, 6) is 0.770. The fourth-order valence-electron chi connectivity index (χ4n) is 3.15. The van der Waals surface area contributed by atoms with Crippen molar-refractivity contribution in [3.8, 4) is 11.5 Å². The first-order chi connectivity index (χ1) is 14.5. The quantitative estimate of drug-likeness (QED) is 0.441. The van der Waals surface area contributed by atoms with Crippen LogP contribution in [0.3, 0.4) is 0 Å². The van der Waals surface area contributed by atoms with Gasteiger partial charge in [0.2, 0.25) is 12.7 Å². The Morgan fingerprint density at radius 3 is 2.63 bits per heavy atom. The van der Waals surface area contributed by atoms with Gasteiger partial charge in [-0.3, -0.25) is 9.59 Å². The van der Waals surface area contributed by atoms with Crippen molar-refractivity contribution in [2.45, 2.75) is 25.4 Å². The predicted octanol–water partition coefficient (Wildman–Crippen LogP) is 3.97. The van der Waals surface area contributed by atoms with E-state index in [4.69, 9.17) is 9.47 Å². The predicted molar refractivity (Wildman–Crippen MR) is 114 cm³/mol. The number of ether oxygens (including phenoxy) is 2. The first-order valence-electron chi connectivity index (χ1n) is 9.46. The Kier molecular flexibility index (Phi) is 5.76. The average Bonchev–Trinajstić information content (AvgIpc) is 3.32. The van der Waals surface area contributed by atoms with Gasteiger partial charge in [0, 0.05) is 23.7 Å². The van der Waals surface area contributed by atoms with E-state index in [0.29, 0.717) is 27.9 Å². The molecule has 154 valence electrons. The molecule has 1 aliphatic rings. The number of hydrogen-bond acceptors (Lipinski definition) is 6. The Morgan fingerprint density at radius 2 is 1.90 bits per heavy atom. The monoisotopic (exact) mass is 423 g/mol. The third-order valence-electron chi connectivity index (χ3n) is 4.68. The lowest BCUT2D eigenvalue weighted by Crippen LogP contribution is -2.16. The van der Waals surface area contributed by atoms with Crippen LogP contribution >= 0.6 is 11.8 Å². The van der Waals surface area contributed by atoms with E-state index < -0.39 is 0 Å². The molecule has 0 bridgehead atoms. The van der Waals surface area contributed by atoms with Crippen LogP contribution in [0.15, 0.2) is 47.6 Å². The Labute approximate surface area is 178 Å². The molecular weight excluding hydrogens is 402 g/mol. The van der Waals surface area contributed by atoms with Gasteiger partial charge in [-0.1, -0.05) is 42.1 Å². The van der Waals surface area contributed by atoms with Crippen LogP contribution in [0.1, 0.15) is 34.2 Å². The molecule has 2 N–H and O–H groups in total. The summed E-state index contributed by atoms with van der Waals surface area (Å²) in [7, 11) is 0. The van der Waals surface area contributed by atoms with Gasteiger partial charge in [-0.2, -0.15) is 0 Å². The van der Waals surface area contributed by atoms with Gasteiger partial charge in [-0.05, 0) is 25.5 Å². The summed E-state index contributed by atoms with van der Waals surface area (Å²) in [5.41, 5.74) is 3.92. The second-order valence-corrected chi connectivity index (χ2v) is 7.88. The highest BCUT2D eigenvalue weighted by molar-refractivity contribution is 7.99. The van der Waals surface area contributed by atoms with Crippen molar-refractivity contribution >= 4 is 29.1 Å². The Hall–Kier alpha value is -3.26. The maximum Gasteiger partial charge on any atom is 0.234 e. The number of thioether (sulfide) groups is 1. The van der Waals surface area contributed by atoms with Crippen molar-refractivity contribution in [2.24, 2.45) is 0 Å². The van der Waals surface area contributed by atoms with Crippen molar-refractivity contribution in [2.75, 3.05) is 17.9 Å². The molecule has 0 atom stereocenters. The van der Waals surface area contributed by atoms with E-state index in [-0.39, 0.29) is 24.2 Å². The number of benzene rings is 2. The fourth-order valence-corrected chi connectivity index (χ4v) is 3.89. The third kappa shape index (κ3) is 4.49. The van der Waals surface area contributed by atoms with Crippen molar-refractivity contribution < 1.29 is 19.1 Å². The summed E-state index contributed by atoms with van der Waals surface area (Å²) < 4.78 is 10.7. The number of ketones is 1. The summed E-state index contributed by atoms with van der Waals surface area (Å²) in [6, 6.07) is 13.3. The summed E-state index contributed by atoms with van der Waals surface area (Å²) >= 11 is 1.31. The number of nitrogens with one attached hydrogen (secondary N) is 2. The minimum absolute atomic E-state index is 0.100. The number of Topliss-reactive ketones (excluding diaryl/α,β-unsaturated/α-hetero) is 1. The summed E-state index contributed by atoms with van der Waals surface area (Å²) in [5, 5.41) is 3.48. The highest BCUT2D eigenvalue weighted by Gasteiger charge is 2.20. The topological polar surface area (TPSA) is 93.3 Å². The zero-order valence-corrected chi connectivity index (χ0v) is 17.5. The lowest BCUT2D eigenvalue weighted by molar-refractivity contribution is -0.113. The zero-order valence-electron chi connectivity index (χ0n) is 16.7. The Bertz CT molecular complexity index is 1100. The Morgan fingerprint density at radius 1 is 1.17 bits per heavy atom. The molecule has 4 rings (SSSR count). The van der Waals surface area contributed by atoms with Crippen LogP contribution in [0.25, 0.3) is 0 Å². The molecule has 2 aromatic carbocycles. The van der Waals surface area contributed by atoms with Crippen LogP contribution in [0, 0.1) is 6.92 Å². The van der Waals surface area contributed by atoms with Gasteiger partial charge in [0.15, 0.2) is 22.4 Å². The van der Waals surface area contributed by atoms with Gasteiger partial charge in [0.25, 0.3) is 0 Å². The largest absolute Gasteiger partial charge is 0.454 e. The van der Waals surface area contributed by atoms with Crippen LogP contribution < -0.4 is 14.8 Å². The number of nitrogens with zero attached hydrogens (tertiary/aromatic N) is 1. The Balaban J connectivity index is 1.40. The second kappa shape index (κ2) is 8.62. The number of carbonyl (C=O) groups excluding carboxylic acids is 2. The van der Waals surface area contributed by atoms with Crippen LogP contribution in [-0.2, 0) is 11.2 Å². The first kappa shape index (κ1) is 20.0. The summed E-state index contributed by atoms with van der Waals surface area (Å²) in [6.07, 6.45) is 0.731. The molecule has 0 unspecified atom stereocenters. The number of imidazole rings is 1. The number of hydrogen-bond donors (Lipinski definition) is 2. The molecular formula is C22H21N3O4S. The van der Waals surface area contributed by atoms with Crippen molar-refractivity contribution in [3.05, 3.63) is 65.0 Å². The minimum atomic E-state index is -0.236. The molecule has 1 aromatic heterocycles. The number of aromatic amines is 1. The molecule has 7 nitrogen and oxygen atoms in total. The molecule has 3 aromatic rings. The number of rotatable bonds is 7. The van der Waals surface area contributed by atoms with Gasteiger partial charge >= 0.3 is 0 Å². The number of H-pyrrole nitrogens is 1. The molecule has 0 fully saturated rings. The number of aromatic nitrogens is 2. The van der Waals surface area contributed by atoms with E-state index in [9.17, 15) is 9.59 Å². The summed E-state index contributed by atoms with van der Waals surface area (Å²) in [6.45, 7) is 3.52. The first-order valence-corrected chi connectivity index (χ1v) is 10.4. The van der Waals surface area contributed by atoms with Crippen LogP contribution in [0.5, 0.6) is 11.5 Å². The van der Waals surface area contributed by atoms with E-state index >= 15 is 0 Å². The molecule has 1 amide bonds. The lowest BCUT2D eigenvalue weighted by Gasteiger charge is -2.10. The van der Waals surface area contributed by atoms with E-state index in [2.05, 4.69) is 27.4 Å². The molecule has 2 heterocycles. The average molecular weight is 423 g/mol. The van der Waals surface area contributed by atoms with Crippen LogP contribution in [0.4, 0.5) is 5.69 Å². The van der Waals surface area contributed by atoms with Crippen molar-refractivity contribution in [1.82, 2.24) is 9.97 Å². The van der Waals surface area contributed by atoms with E-state index in [1.165, 1.54) is 24.2 Å². The van der Waals surface area contributed by atoms with Gasteiger partial charge in [0.05, 0.1) is 17.1 Å². The second-order valence-electron chi connectivity index (χ2n) is 6.92. The van der Waals surface area contributed by atoms with E-state index in [1.54, 1.807) is 12.1 Å². The number of aryl methyl sites for hydroxylation is 1. The van der Waals surface area contributed by atoms with E-state index in [1.807, 2.05) is 25.1 Å². The number of carbonyl (C=O) groups is 2. The molecule has 8 heteroatoms. The molecule has 0 aliphatic carbocycles. The smallest absolute Gasteiger partial charge is 0.234 e. The molecule has 1 aliphatic heterocycles. The fraction of sp³-hybridized carbons (Fsp3) is 0.227. The van der Waals surface area contributed by atoms with Crippen molar-refractivity contribution in [1.29, 1.82) is 0 Å². The highest BCUT2D eigenvalue weighted by Crippen LogP contribution is 2.37. The third-order valence-corrected chi connectivity index (χ3v) is 5.56. The van der Waals surface area contributed by atoms with E-state index in [0.717, 1.165) is 17.8 Å². The molecule has 30 heavy (non-hydrogen) atoms. The maximum absolute atomic E-state index is 12.5. The van der Waals surface area contributed by atoms with Crippen LogP contribution in [0.2, 0.25) is 0 Å².